The molecule has 21 heavy (non-hydrogen) atoms. The van der Waals surface area contributed by atoms with E-state index in [0.717, 1.165) is 24.3 Å². The molecule has 2 atom stereocenters. The SMILES string of the molecule is C[C@@](O)(CNC(=O)N[C@H]1CCCSC1)c1ccc(F)cc1. The summed E-state index contributed by atoms with van der Waals surface area (Å²) in [5.74, 6) is 1.73. The van der Waals surface area contributed by atoms with E-state index in [9.17, 15) is 14.3 Å². The summed E-state index contributed by atoms with van der Waals surface area (Å²) in [7, 11) is 0. The molecule has 1 heterocycles. The maximum Gasteiger partial charge on any atom is 0.315 e. The van der Waals surface area contributed by atoms with Gasteiger partial charge in [0.2, 0.25) is 0 Å². The Morgan fingerprint density at radius 1 is 1.48 bits per heavy atom. The highest BCUT2D eigenvalue weighted by Crippen LogP contribution is 2.20. The van der Waals surface area contributed by atoms with Gasteiger partial charge < -0.3 is 15.7 Å². The van der Waals surface area contributed by atoms with Crippen LogP contribution in [-0.2, 0) is 5.60 Å². The van der Waals surface area contributed by atoms with Crippen molar-refractivity contribution in [2.45, 2.75) is 31.4 Å². The largest absolute Gasteiger partial charge is 0.384 e. The zero-order valence-electron chi connectivity index (χ0n) is 12.1. The standard InChI is InChI=1S/C15H21FN2O2S/c1-15(20,11-4-6-12(16)7-5-11)10-17-14(19)18-13-3-2-8-21-9-13/h4-7,13,20H,2-3,8-10H2,1H3,(H2,17,18,19)/t13-,15+/m0/s1. The Hall–Kier alpha value is -1.27. The molecular formula is C15H21FN2O2S. The molecule has 3 N–H and O–H groups in total. The lowest BCUT2D eigenvalue weighted by atomic mass is 9.96. The summed E-state index contributed by atoms with van der Waals surface area (Å²) >= 11 is 1.84. The van der Waals surface area contributed by atoms with Crippen molar-refractivity contribution in [2.75, 3.05) is 18.1 Å². The fourth-order valence-electron chi connectivity index (χ4n) is 2.25. The lowest BCUT2D eigenvalue weighted by Gasteiger charge is -2.26. The van der Waals surface area contributed by atoms with Gasteiger partial charge in [-0.1, -0.05) is 12.1 Å². The number of thioether (sulfide) groups is 1. The first-order valence-corrected chi connectivity index (χ1v) is 8.23. The van der Waals surface area contributed by atoms with Crippen molar-refractivity contribution in [3.05, 3.63) is 35.6 Å². The zero-order valence-corrected chi connectivity index (χ0v) is 12.9. The van der Waals surface area contributed by atoms with Gasteiger partial charge in [-0.15, -0.1) is 0 Å². The molecule has 0 saturated carbocycles. The van der Waals surface area contributed by atoms with E-state index in [1.54, 1.807) is 6.92 Å². The van der Waals surface area contributed by atoms with E-state index in [4.69, 9.17) is 0 Å². The highest BCUT2D eigenvalue weighted by Gasteiger charge is 2.24. The maximum absolute atomic E-state index is 12.9. The van der Waals surface area contributed by atoms with Gasteiger partial charge >= 0.3 is 6.03 Å². The van der Waals surface area contributed by atoms with Crippen LogP contribution in [0.1, 0.15) is 25.3 Å². The first-order valence-electron chi connectivity index (χ1n) is 7.08. The Morgan fingerprint density at radius 2 is 2.19 bits per heavy atom. The molecule has 1 saturated heterocycles. The highest BCUT2D eigenvalue weighted by atomic mass is 32.2. The quantitative estimate of drug-likeness (QED) is 0.799. The van der Waals surface area contributed by atoms with Crippen molar-refractivity contribution in [1.29, 1.82) is 0 Å². The van der Waals surface area contributed by atoms with Crippen molar-refractivity contribution in [3.63, 3.8) is 0 Å². The van der Waals surface area contributed by atoms with Gasteiger partial charge in [0, 0.05) is 11.8 Å². The van der Waals surface area contributed by atoms with E-state index in [1.807, 2.05) is 11.8 Å². The molecule has 1 fully saturated rings. The van der Waals surface area contributed by atoms with E-state index >= 15 is 0 Å². The van der Waals surface area contributed by atoms with Crippen LogP contribution in [0.2, 0.25) is 0 Å². The highest BCUT2D eigenvalue weighted by molar-refractivity contribution is 7.99. The minimum Gasteiger partial charge on any atom is -0.384 e. The number of hydrogen-bond donors (Lipinski definition) is 3. The Balaban J connectivity index is 1.82. The molecule has 6 heteroatoms. The van der Waals surface area contributed by atoms with Crippen LogP contribution >= 0.6 is 11.8 Å². The number of carbonyl (C=O) groups is 1. The summed E-state index contributed by atoms with van der Waals surface area (Å²) in [5, 5.41) is 16.0. The lowest BCUT2D eigenvalue weighted by Crippen LogP contribution is -2.48. The number of halogens is 1. The maximum atomic E-state index is 12.9. The molecule has 2 rings (SSSR count). The van der Waals surface area contributed by atoms with Gasteiger partial charge in [0.05, 0.1) is 6.54 Å². The van der Waals surface area contributed by atoms with E-state index < -0.39 is 5.60 Å². The van der Waals surface area contributed by atoms with Crippen molar-refractivity contribution in [3.8, 4) is 0 Å². The third-order valence-electron chi connectivity index (χ3n) is 3.55. The fourth-order valence-corrected chi connectivity index (χ4v) is 3.33. The molecule has 1 aliphatic rings. The summed E-state index contributed by atoms with van der Waals surface area (Å²) in [6.45, 7) is 1.67. The van der Waals surface area contributed by atoms with Crippen LogP contribution in [0.25, 0.3) is 0 Å². The molecule has 4 nitrogen and oxygen atoms in total. The zero-order chi connectivity index (χ0) is 15.3. The molecule has 1 aromatic carbocycles. The van der Waals surface area contributed by atoms with Crippen LogP contribution in [0.3, 0.4) is 0 Å². The topological polar surface area (TPSA) is 61.4 Å². The Bertz CT molecular complexity index is 473. The van der Waals surface area contributed by atoms with Crippen molar-refractivity contribution in [2.24, 2.45) is 0 Å². The first kappa shape index (κ1) is 16.1. The minimum absolute atomic E-state index is 0.0737. The predicted octanol–water partition coefficient (Wildman–Crippen LogP) is 2.23. The number of nitrogens with one attached hydrogen (secondary N) is 2. The number of hydrogen-bond acceptors (Lipinski definition) is 3. The van der Waals surface area contributed by atoms with E-state index in [1.165, 1.54) is 24.3 Å². The Kier molecular flexibility index (Phi) is 5.47. The lowest BCUT2D eigenvalue weighted by molar-refractivity contribution is 0.0592. The van der Waals surface area contributed by atoms with Crippen molar-refractivity contribution < 1.29 is 14.3 Å². The van der Waals surface area contributed by atoms with E-state index in [0.29, 0.717) is 5.56 Å². The third-order valence-corrected chi connectivity index (χ3v) is 4.77. The summed E-state index contributed by atoms with van der Waals surface area (Å²) in [6.07, 6.45) is 2.11. The number of carbonyl (C=O) groups excluding carboxylic acids is 1. The molecule has 116 valence electrons. The molecular weight excluding hydrogens is 291 g/mol. The Morgan fingerprint density at radius 3 is 2.81 bits per heavy atom. The molecule has 0 bridgehead atoms. The van der Waals surface area contributed by atoms with Crippen LogP contribution in [0, 0.1) is 5.82 Å². The van der Waals surface area contributed by atoms with Crippen LogP contribution < -0.4 is 10.6 Å². The molecule has 1 aromatic rings. The molecule has 1 aliphatic heterocycles. The molecule has 2 amide bonds. The van der Waals surface area contributed by atoms with Gasteiger partial charge in [0.1, 0.15) is 11.4 Å². The summed E-state index contributed by atoms with van der Waals surface area (Å²) in [5.41, 5.74) is -0.663. The summed E-state index contributed by atoms with van der Waals surface area (Å²) < 4.78 is 12.9. The van der Waals surface area contributed by atoms with Crippen LogP contribution in [-0.4, -0.2) is 35.2 Å². The molecule has 0 radical (unpaired) electrons. The van der Waals surface area contributed by atoms with Crippen LogP contribution in [0.4, 0.5) is 9.18 Å². The first-order chi connectivity index (χ1) is 9.97. The van der Waals surface area contributed by atoms with Crippen molar-refractivity contribution in [1.82, 2.24) is 10.6 Å². The Labute approximate surface area is 128 Å². The van der Waals surface area contributed by atoms with Gasteiger partial charge in [0.25, 0.3) is 0 Å². The molecule has 0 unspecified atom stereocenters. The van der Waals surface area contributed by atoms with Gasteiger partial charge in [-0.05, 0) is 43.2 Å². The average molecular weight is 312 g/mol. The molecule has 0 aromatic heterocycles. The predicted molar refractivity (Wildman–Crippen MR) is 82.9 cm³/mol. The fraction of sp³-hybridized carbons (Fsp3) is 0.533. The second-order valence-electron chi connectivity index (χ2n) is 5.52. The van der Waals surface area contributed by atoms with E-state index in [2.05, 4.69) is 10.6 Å². The number of amides is 2. The normalized spacial score (nSPS) is 21.4. The number of benzene rings is 1. The third kappa shape index (κ3) is 4.89. The van der Waals surface area contributed by atoms with Crippen LogP contribution in [0.5, 0.6) is 0 Å². The smallest absolute Gasteiger partial charge is 0.315 e. The molecule has 0 spiro atoms. The summed E-state index contributed by atoms with van der Waals surface area (Å²) in [4.78, 5) is 11.8. The monoisotopic (exact) mass is 312 g/mol. The molecule has 0 aliphatic carbocycles. The summed E-state index contributed by atoms with van der Waals surface area (Å²) in [6, 6.07) is 5.55. The van der Waals surface area contributed by atoms with Crippen molar-refractivity contribution >= 4 is 17.8 Å². The van der Waals surface area contributed by atoms with Gasteiger partial charge in [-0.2, -0.15) is 11.8 Å². The average Bonchev–Trinajstić information content (AvgIpc) is 2.47. The number of aliphatic hydroxyl groups is 1. The van der Waals surface area contributed by atoms with Gasteiger partial charge in [0.15, 0.2) is 0 Å². The number of urea groups is 1. The van der Waals surface area contributed by atoms with E-state index in [-0.39, 0.29) is 24.4 Å². The second-order valence-corrected chi connectivity index (χ2v) is 6.67. The second kappa shape index (κ2) is 7.13. The number of rotatable bonds is 4. The minimum atomic E-state index is -1.23. The van der Waals surface area contributed by atoms with Gasteiger partial charge in [-0.25, -0.2) is 9.18 Å². The van der Waals surface area contributed by atoms with Gasteiger partial charge in [-0.3, -0.25) is 0 Å². The van der Waals surface area contributed by atoms with Crippen LogP contribution in [0.15, 0.2) is 24.3 Å².